The van der Waals surface area contributed by atoms with Gasteiger partial charge in [-0.05, 0) is 25.0 Å². The summed E-state index contributed by atoms with van der Waals surface area (Å²) in [5.41, 5.74) is 5.89. The molecule has 0 atom stereocenters. The zero-order chi connectivity index (χ0) is 15.5. The van der Waals surface area contributed by atoms with Gasteiger partial charge in [-0.3, -0.25) is 0 Å². The number of carbonyl (C=O) groups is 1. The quantitative estimate of drug-likeness (QED) is 0.880. The molecule has 0 unspecified atom stereocenters. The van der Waals surface area contributed by atoms with Gasteiger partial charge in [-0.25, -0.2) is 13.2 Å². The number of likely N-dealkylation sites (tertiary alicyclic amines) is 1. The number of carbonyl (C=O) groups excluding carboxylic acids is 1. The third-order valence-electron chi connectivity index (χ3n) is 3.77. The van der Waals surface area contributed by atoms with Crippen molar-refractivity contribution < 1.29 is 13.2 Å². The number of sulfone groups is 1. The topological polar surface area (TPSA) is 92.5 Å². The number of urea groups is 1. The maximum atomic E-state index is 12.1. The van der Waals surface area contributed by atoms with Crippen molar-refractivity contribution in [1.82, 2.24) is 4.90 Å². The van der Waals surface area contributed by atoms with Crippen LogP contribution in [0, 0.1) is 0 Å². The van der Waals surface area contributed by atoms with Crippen LogP contribution in [0.4, 0.5) is 10.5 Å². The summed E-state index contributed by atoms with van der Waals surface area (Å²) in [5, 5.41) is 3.29. The summed E-state index contributed by atoms with van der Waals surface area (Å²) in [5.74, 6) is 0.0752. The fourth-order valence-corrected chi connectivity index (χ4v) is 3.54. The minimum atomic E-state index is -3.25. The number of piperidine rings is 1. The van der Waals surface area contributed by atoms with E-state index >= 15 is 0 Å². The van der Waals surface area contributed by atoms with Gasteiger partial charge in [0, 0.05) is 19.1 Å². The van der Waals surface area contributed by atoms with Crippen LogP contribution >= 0.6 is 0 Å². The molecule has 1 aliphatic rings. The van der Waals surface area contributed by atoms with Crippen molar-refractivity contribution in [1.29, 1.82) is 0 Å². The first-order valence-corrected chi connectivity index (χ1v) is 8.72. The summed E-state index contributed by atoms with van der Waals surface area (Å²) in [4.78, 5) is 13.0. The fourth-order valence-electron chi connectivity index (χ4n) is 2.48. The number of anilines is 1. The fraction of sp³-hybridized carbons (Fsp3) is 0.500. The third kappa shape index (κ3) is 3.66. The maximum absolute atomic E-state index is 12.1. The number of primary amides is 1. The van der Waals surface area contributed by atoms with E-state index in [1.165, 1.54) is 0 Å². The Labute approximate surface area is 125 Å². The number of para-hydroxylation sites is 1. The molecule has 2 rings (SSSR count). The smallest absolute Gasteiger partial charge is 0.314 e. The molecular formula is C14H21N3O3S. The Hall–Kier alpha value is -1.76. The molecule has 3 N–H and O–H groups in total. The van der Waals surface area contributed by atoms with E-state index in [1.54, 1.807) is 30.0 Å². The van der Waals surface area contributed by atoms with Crippen molar-refractivity contribution in [3.63, 3.8) is 0 Å². The predicted octanol–water partition coefficient (Wildman–Crippen LogP) is 1.44. The molecule has 0 saturated carbocycles. The summed E-state index contributed by atoms with van der Waals surface area (Å²) in [6.07, 6.45) is 1.51. The van der Waals surface area contributed by atoms with Crippen LogP contribution in [0.25, 0.3) is 0 Å². The molecule has 7 heteroatoms. The second-order valence-corrected chi connectivity index (χ2v) is 7.39. The highest BCUT2D eigenvalue weighted by atomic mass is 32.2. The predicted molar refractivity (Wildman–Crippen MR) is 82.0 cm³/mol. The molecule has 1 aromatic rings. The lowest BCUT2D eigenvalue weighted by molar-refractivity contribution is 0.193. The number of nitrogens with two attached hydrogens (primary N) is 1. The van der Waals surface area contributed by atoms with E-state index in [0.717, 1.165) is 12.8 Å². The molecule has 6 nitrogen and oxygen atoms in total. The van der Waals surface area contributed by atoms with Crippen LogP contribution in [-0.4, -0.2) is 44.2 Å². The van der Waals surface area contributed by atoms with Crippen LogP contribution in [0.15, 0.2) is 29.2 Å². The van der Waals surface area contributed by atoms with Gasteiger partial charge in [0.1, 0.15) is 0 Å². The van der Waals surface area contributed by atoms with E-state index in [4.69, 9.17) is 5.73 Å². The van der Waals surface area contributed by atoms with Crippen LogP contribution in [0.1, 0.15) is 19.8 Å². The number of amides is 2. The molecule has 116 valence electrons. The molecular weight excluding hydrogens is 290 g/mol. The first kappa shape index (κ1) is 15.6. The molecule has 2 amide bonds. The van der Waals surface area contributed by atoms with E-state index in [2.05, 4.69) is 5.32 Å². The van der Waals surface area contributed by atoms with Crippen LogP contribution < -0.4 is 11.1 Å². The minimum Gasteiger partial charge on any atom is -0.381 e. The molecule has 1 heterocycles. The van der Waals surface area contributed by atoms with Gasteiger partial charge in [0.2, 0.25) is 0 Å². The number of rotatable bonds is 4. The number of nitrogens with one attached hydrogen (secondary N) is 1. The molecule has 1 fully saturated rings. The van der Waals surface area contributed by atoms with Gasteiger partial charge in [-0.15, -0.1) is 0 Å². The van der Waals surface area contributed by atoms with Crippen molar-refractivity contribution in [2.24, 2.45) is 5.73 Å². The summed E-state index contributed by atoms with van der Waals surface area (Å²) >= 11 is 0. The van der Waals surface area contributed by atoms with Crippen molar-refractivity contribution in [3.05, 3.63) is 24.3 Å². The molecule has 0 aromatic heterocycles. The molecule has 21 heavy (non-hydrogen) atoms. The number of nitrogens with zero attached hydrogens (tertiary/aromatic N) is 1. The van der Waals surface area contributed by atoms with E-state index in [9.17, 15) is 13.2 Å². The van der Waals surface area contributed by atoms with Gasteiger partial charge in [0.25, 0.3) is 0 Å². The molecule has 0 radical (unpaired) electrons. The molecule has 1 aliphatic heterocycles. The first-order valence-electron chi connectivity index (χ1n) is 7.06. The average molecular weight is 311 g/mol. The van der Waals surface area contributed by atoms with Gasteiger partial charge >= 0.3 is 6.03 Å². The Balaban J connectivity index is 2.10. The number of benzene rings is 1. The lowest BCUT2D eigenvalue weighted by atomic mass is 10.0. The van der Waals surface area contributed by atoms with Gasteiger partial charge in [-0.1, -0.05) is 19.1 Å². The highest BCUT2D eigenvalue weighted by molar-refractivity contribution is 7.91. The summed E-state index contributed by atoms with van der Waals surface area (Å²) in [6, 6.07) is 6.69. The zero-order valence-corrected chi connectivity index (χ0v) is 12.9. The molecule has 1 aromatic carbocycles. The molecule has 0 bridgehead atoms. The summed E-state index contributed by atoms with van der Waals surface area (Å²) in [6.45, 7) is 2.82. The SMILES string of the molecule is CCS(=O)(=O)c1ccccc1NC1CCN(C(N)=O)CC1. The van der Waals surface area contributed by atoms with E-state index in [1.807, 2.05) is 6.07 Å². The first-order chi connectivity index (χ1) is 9.94. The Morgan fingerprint density at radius 2 is 1.95 bits per heavy atom. The van der Waals surface area contributed by atoms with Crippen molar-refractivity contribution in [2.45, 2.75) is 30.7 Å². The van der Waals surface area contributed by atoms with Crippen molar-refractivity contribution in [2.75, 3.05) is 24.2 Å². The second-order valence-electron chi connectivity index (χ2n) is 5.14. The lowest BCUT2D eigenvalue weighted by Gasteiger charge is -2.32. The Kier molecular flexibility index (Phi) is 4.72. The standard InChI is InChI=1S/C14H21N3O3S/c1-2-21(19,20)13-6-4-3-5-12(13)16-11-7-9-17(10-8-11)14(15)18/h3-6,11,16H,2,7-10H2,1H3,(H2,15,18). The van der Waals surface area contributed by atoms with Gasteiger partial charge in [0.05, 0.1) is 16.3 Å². The second kappa shape index (κ2) is 6.34. The van der Waals surface area contributed by atoms with Gasteiger partial charge < -0.3 is 16.0 Å². The van der Waals surface area contributed by atoms with Crippen LogP contribution in [0.3, 0.4) is 0 Å². The zero-order valence-electron chi connectivity index (χ0n) is 12.1. The average Bonchev–Trinajstić information content (AvgIpc) is 2.48. The largest absolute Gasteiger partial charge is 0.381 e. The van der Waals surface area contributed by atoms with Crippen LogP contribution in [0.2, 0.25) is 0 Å². The van der Waals surface area contributed by atoms with Gasteiger partial charge in [0.15, 0.2) is 9.84 Å². The van der Waals surface area contributed by atoms with Crippen LogP contribution in [-0.2, 0) is 9.84 Å². The summed E-state index contributed by atoms with van der Waals surface area (Å²) < 4.78 is 24.2. The molecule has 0 aliphatic carbocycles. The minimum absolute atomic E-state index is 0.0752. The maximum Gasteiger partial charge on any atom is 0.314 e. The molecule has 0 spiro atoms. The molecule has 1 saturated heterocycles. The van der Waals surface area contributed by atoms with E-state index in [-0.39, 0.29) is 11.8 Å². The van der Waals surface area contributed by atoms with Crippen molar-refractivity contribution >= 4 is 21.6 Å². The Bertz CT molecular complexity index is 608. The monoisotopic (exact) mass is 311 g/mol. The Morgan fingerprint density at radius 1 is 1.33 bits per heavy atom. The Morgan fingerprint density at radius 3 is 2.52 bits per heavy atom. The highest BCUT2D eigenvalue weighted by Crippen LogP contribution is 2.24. The lowest BCUT2D eigenvalue weighted by Crippen LogP contribution is -2.44. The van der Waals surface area contributed by atoms with Crippen molar-refractivity contribution in [3.8, 4) is 0 Å². The normalized spacial score (nSPS) is 16.7. The van der Waals surface area contributed by atoms with Crippen LogP contribution in [0.5, 0.6) is 0 Å². The number of hydrogen-bond acceptors (Lipinski definition) is 4. The van der Waals surface area contributed by atoms with E-state index < -0.39 is 15.9 Å². The van der Waals surface area contributed by atoms with E-state index in [0.29, 0.717) is 23.7 Å². The third-order valence-corrected chi connectivity index (χ3v) is 5.55. The highest BCUT2D eigenvalue weighted by Gasteiger charge is 2.23. The number of hydrogen-bond donors (Lipinski definition) is 2. The summed E-state index contributed by atoms with van der Waals surface area (Å²) in [7, 11) is -3.25. The van der Waals surface area contributed by atoms with Gasteiger partial charge in [-0.2, -0.15) is 0 Å².